The molecule has 1 unspecified atom stereocenters. The molecule has 0 aliphatic carbocycles. The molecule has 1 saturated heterocycles. The van der Waals surface area contributed by atoms with Crippen molar-refractivity contribution in [2.75, 3.05) is 33.3 Å². The van der Waals surface area contributed by atoms with E-state index in [-0.39, 0.29) is 11.5 Å². The third kappa shape index (κ3) is 5.85. The molecule has 1 atom stereocenters. The van der Waals surface area contributed by atoms with Crippen LogP contribution in [0.1, 0.15) is 36.5 Å². The normalized spacial score (nSPS) is 20.7. The maximum Gasteiger partial charge on any atom is 0.251 e. The molecule has 6 heteroatoms. The molecule has 0 spiro atoms. The van der Waals surface area contributed by atoms with Crippen molar-refractivity contribution < 1.29 is 9.53 Å². The van der Waals surface area contributed by atoms with Gasteiger partial charge in [0.1, 0.15) is 0 Å². The first-order chi connectivity index (χ1) is 11.6. The van der Waals surface area contributed by atoms with Gasteiger partial charge in [-0.05, 0) is 38.3 Å². The van der Waals surface area contributed by atoms with Gasteiger partial charge in [0.15, 0.2) is 5.96 Å². The second kappa shape index (κ2) is 9.27. The minimum absolute atomic E-state index is 0.0376. The van der Waals surface area contributed by atoms with Crippen molar-refractivity contribution in [1.29, 1.82) is 0 Å². The number of benzene rings is 1. The number of ether oxygens (including phenoxy) is 1. The Morgan fingerprint density at radius 3 is 2.62 bits per heavy atom. The summed E-state index contributed by atoms with van der Waals surface area (Å²) < 4.78 is 5.75. The first-order valence-electron chi connectivity index (χ1n) is 8.55. The summed E-state index contributed by atoms with van der Waals surface area (Å²) in [5.74, 6) is 0.727. The van der Waals surface area contributed by atoms with Crippen LogP contribution < -0.4 is 16.0 Å². The fourth-order valence-electron chi connectivity index (χ4n) is 2.66. The lowest BCUT2D eigenvalue weighted by Crippen LogP contribution is -2.46. The van der Waals surface area contributed by atoms with Crippen LogP contribution in [0.5, 0.6) is 0 Å². The number of hydrogen-bond donors (Lipinski definition) is 3. The molecule has 1 fully saturated rings. The number of amides is 1. The van der Waals surface area contributed by atoms with Crippen LogP contribution in [0.4, 0.5) is 0 Å². The van der Waals surface area contributed by atoms with Crippen molar-refractivity contribution in [3.8, 4) is 0 Å². The van der Waals surface area contributed by atoms with Crippen LogP contribution in [0.2, 0.25) is 0 Å². The fraction of sp³-hybridized carbons (Fsp3) is 0.556. The Labute approximate surface area is 144 Å². The fourth-order valence-corrected chi connectivity index (χ4v) is 2.66. The first kappa shape index (κ1) is 18.3. The minimum atomic E-state index is -0.0960. The summed E-state index contributed by atoms with van der Waals surface area (Å²) in [6.07, 6.45) is 3.01. The largest absolute Gasteiger partial charge is 0.373 e. The monoisotopic (exact) mass is 332 g/mol. The van der Waals surface area contributed by atoms with Crippen LogP contribution in [0.25, 0.3) is 0 Å². The minimum Gasteiger partial charge on any atom is -0.373 e. The summed E-state index contributed by atoms with van der Waals surface area (Å²) >= 11 is 0. The Morgan fingerprint density at radius 1 is 1.21 bits per heavy atom. The Bertz CT molecular complexity index is 539. The number of carbonyl (C=O) groups is 1. The number of aliphatic imine (C=N–C) groups is 1. The van der Waals surface area contributed by atoms with Gasteiger partial charge in [0, 0.05) is 38.9 Å². The average molecular weight is 332 g/mol. The molecular weight excluding hydrogens is 304 g/mol. The van der Waals surface area contributed by atoms with Crippen LogP contribution in [0.3, 0.4) is 0 Å². The maximum absolute atomic E-state index is 11.9. The summed E-state index contributed by atoms with van der Waals surface area (Å²) in [6, 6.07) is 9.24. The number of rotatable bonds is 7. The maximum atomic E-state index is 11.9. The average Bonchev–Trinajstić information content (AvgIpc) is 3.04. The molecule has 6 nitrogen and oxygen atoms in total. The van der Waals surface area contributed by atoms with Crippen LogP contribution in [-0.4, -0.2) is 50.8 Å². The third-order valence-electron chi connectivity index (χ3n) is 4.12. The summed E-state index contributed by atoms with van der Waals surface area (Å²) in [5, 5.41) is 9.47. The van der Waals surface area contributed by atoms with Gasteiger partial charge in [-0.15, -0.1) is 0 Å². The summed E-state index contributed by atoms with van der Waals surface area (Å²) in [5.41, 5.74) is 0.592. The molecule has 1 aliphatic heterocycles. The molecule has 0 saturated carbocycles. The number of nitrogens with zero attached hydrogens (tertiary/aromatic N) is 1. The molecule has 0 radical (unpaired) electrons. The van der Waals surface area contributed by atoms with Crippen molar-refractivity contribution in [2.24, 2.45) is 4.99 Å². The zero-order chi connectivity index (χ0) is 17.3. The van der Waals surface area contributed by atoms with E-state index in [1.165, 1.54) is 0 Å². The van der Waals surface area contributed by atoms with Crippen LogP contribution in [0.15, 0.2) is 35.3 Å². The van der Waals surface area contributed by atoms with E-state index < -0.39 is 0 Å². The molecule has 24 heavy (non-hydrogen) atoms. The van der Waals surface area contributed by atoms with Gasteiger partial charge in [0.2, 0.25) is 0 Å². The highest BCUT2D eigenvalue weighted by Gasteiger charge is 2.29. The lowest BCUT2D eigenvalue weighted by atomic mass is 10.0. The van der Waals surface area contributed by atoms with Gasteiger partial charge in [-0.1, -0.05) is 18.2 Å². The Kier molecular flexibility index (Phi) is 7.06. The highest BCUT2D eigenvalue weighted by atomic mass is 16.5. The summed E-state index contributed by atoms with van der Waals surface area (Å²) in [7, 11) is 1.75. The van der Waals surface area contributed by atoms with E-state index in [0.717, 1.165) is 44.9 Å². The van der Waals surface area contributed by atoms with Crippen molar-refractivity contribution >= 4 is 11.9 Å². The zero-order valence-corrected chi connectivity index (χ0v) is 14.6. The molecule has 1 aromatic carbocycles. The van der Waals surface area contributed by atoms with Gasteiger partial charge < -0.3 is 20.7 Å². The lowest BCUT2D eigenvalue weighted by Gasteiger charge is -2.24. The second-order valence-corrected chi connectivity index (χ2v) is 6.23. The highest BCUT2D eigenvalue weighted by molar-refractivity contribution is 5.94. The Hall–Kier alpha value is -2.08. The second-order valence-electron chi connectivity index (χ2n) is 6.23. The molecule has 0 bridgehead atoms. The van der Waals surface area contributed by atoms with Crippen molar-refractivity contribution in [3.63, 3.8) is 0 Å². The molecule has 132 valence electrons. The number of guanidine groups is 1. The topological polar surface area (TPSA) is 74.8 Å². The third-order valence-corrected chi connectivity index (χ3v) is 4.12. The van der Waals surface area contributed by atoms with Gasteiger partial charge in [0.25, 0.3) is 5.91 Å². The van der Waals surface area contributed by atoms with E-state index in [1.807, 2.05) is 30.3 Å². The standard InChI is InChI=1S/C18H28N4O2/c1-18(10-6-13-24-18)14-22-17(19-2)21-12-7-11-20-16(23)15-8-4-3-5-9-15/h3-5,8-9H,6-7,10-14H2,1-2H3,(H,20,23)(H2,19,21,22). The molecule has 1 heterocycles. The summed E-state index contributed by atoms with van der Waals surface area (Å²) in [6.45, 7) is 5.08. The predicted molar refractivity (Wildman–Crippen MR) is 96.3 cm³/mol. The van der Waals surface area contributed by atoms with E-state index in [4.69, 9.17) is 4.74 Å². The van der Waals surface area contributed by atoms with Crippen molar-refractivity contribution in [2.45, 2.75) is 31.8 Å². The van der Waals surface area contributed by atoms with Gasteiger partial charge >= 0.3 is 0 Å². The van der Waals surface area contributed by atoms with Crippen LogP contribution in [0, 0.1) is 0 Å². The molecule has 1 amide bonds. The predicted octanol–water partition coefficient (Wildman–Crippen LogP) is 1.54. The van der Waals surface area contributed by atoms with Gasteiger partial charge in [0.05, 0.1) is 5.60 Å². The molecular formula is C18H28N4O2. The van der Waals surface area contributed by atoms with E-state index >= 15 is 0 Å². The molecule has 3 N–H and O–H groups in total. The SMILES string of the molecule is CN=C(NCCCNC(=O)c1ccccc1)NCC1(C)CCCO1. The van der Waals surface area contributed by atoms with E-state index in [0.29, 0.717) is 12.1 Å². The number of nitrogens with one attached hydrogen (secondary N) is 3. The molecule has 2 rings (SSSR count). The quantitative estimate of drug-likeness (QED) is 0.402. The highest BCUT2D eigenvalue weighted by Crippen LogP contribution is 2.23. The van der Waals surface area contributed by atoms with E-state index in [2.05, 4.69) is 27.9 Å². The van der Waals surface area contributed by atoms with Gasteiger partial charge in [-0.2, -0.15) is 0 Å². The van der Waals surface area contributed by atoms with Crippen LogP contribution in [-0.2, 0) is 4.74 Å². The van der Waals surface area contributed by atoms with Gasteiger partial charge in [-0.25, -0.2) is 0 Å². The van der Waals surface area contributed by atoms with E-state index in [9.17, 15) is 4.79 Å². The molecule has 1 aromatic rings. The summed E-state index contributed by atoms with van der Waals surface area (Å²) in [4.78, 5) is 16.1. The number of carbonyl (C=O) groups excluding carboxylic acids is 1. The van der Waals surface area contributed by atoms with Crippen molar-refractivity contribution in [3.05, 3.63) is 35.9 Å². The lowest BCUT2D eigenvalue weighted by molar-refractivity contribution is 0.0243. The van der Waals surface area contributed by atoms with Crippen LogP contribution >= 0.6 is 0 Å². The Balaban J connectivity index is 1.59. The van der Waals surface area contributed by atoms with Crippen molar-refractivity contribution in [1.82, 2.24) is 16.0 Å². The molecule has 0 aromatic heterocycles. The van der Waals surface area contributed by atoms with E-state index in [1.54, 1.807) is 7.05 Å². The van der Waals surface area contributed by atoms with Gasteiger partial charge in [-0.3, -0.25) is 9.79 Å². The smallest absolute Gasteiger partial charge is 0.251 e. The first-order valence-corrected chi connectivity index (χ1v) is 8.55. The Morgan fingerprint density at radius 2 is 1.96 bits per heavy atom. The molecule has 1 aliphatic rings. The number of hydrogen-bond acceptors (Lipinski definition) is 3. The zero-order valence-electron chi connectivity index (χ0n) is 14.6.